The first kappa shape index (κ1) is 13.8. The fourth-order valence-corrected chi connectivity index (χ4v) is 1.52. The van der Waals surface area contributed by atoms with Gasteiger partial charge in [0.15, 0.2) is 0 Å². The molecule has 0 aliphatic carbocycles. The quantitative estimate of drug-likeness (QED) is 0.493. The molecular weight excluding hydrogens is 198 g/mol. The van der Waals surface area contributed by atoms with Gasteiger partial charge in [-0.15, -0.1) is 11.6 Å². The number of rotatable bonds is 8. The summed E-state index contributed by atoms with van der Waals surface area (Å²) in [7, 11) is 0. The summed E-state index contributed by atoms with van der Waals surface area (Å²) in [6, 6.07) is 0.267. The van der Waals surface area contributed by atoms with E-state index in [0.717, 1.165) is 6.42 Å². The van der Waals surface area contributed by atoms with Gasteiger partial charge in [-0.3, -0.25) is 4.79 Å². The van der Waals surface area contributed by atoms with Crippen LogP contribution in [0.3, 0.4) is 0 Å². The van der Waals surface area contributed by atoms with Crippen LogP contribution in [0.2, 0.25) is 0 Å². The van der Waals surface area contributed by atoms with Crippen LogP contribution in [-0.4, -0.2) is 17.8 Å². The molecule has 0 saturated heterocycles. The molecule has 2 nitrogen and oxygen atoms in total. The number of hydrogen-bond donors (Lipinski definition) is 1. The molecule has 0 radical (unpaired) electrons. The van der Waals surface area contributed by atoms with Crippen molar-refractivity contribution in [3.8, 4) is 0 Å². The van der Waals surface area contributed by atoms with Gasteiger partial charge in [0.25, 0.3) is 0 Å². The Morgan fingerprint density at radius 3 is 2.50 bits per heavy atom. The van der Waals surface area contributed by atoms with Crippen LogP contribution in [0.5, 0.6) is 0 Å². The molecule has 0 aliphatic rings. The molecule has 0 aromatic rings. The Morgan fingerprint density at radius 1 is 1.29 bits per heavy atom. The molecule has 0 bridgehead atoms. The van der Waals surface area contributed by atoms with Crippen molar-refractivity contribution in [1.82, 2.24) is 5.32 Å². The third kappa shape index (κ3) is 8.36. The van der Waals surface area contributed by atoms with Gasteiger partial charge >= 0.3 is 0 Å². The number of carbonyl (C=O) groups is 1. The van der Waals surface area contributed by atoms with Crippen LogP contribution in [-0.2, 0) is 4.79 Å². The summed E-state index contributed by atoms with van der Waals surface area (Å²) in [4.78, 5) is 10.9. The Labute approximate surface area is 92.4 Å². The Bertz CT molecular complexity index is 150. The molecule has 14 heavy (non-hydrogen) atoms. The molecule has 0 spiro atoms. The van der Waals surface area contributed by atoms with Crippen LogP contribution in [0, 0.1) is 0 Å². The van der Waals surface area contributed by atoms with Crippen LogP contribution >= 0.6 is 11.6 Å². The maximum Gasteiger partial charge on any atom is 0.235 e. The average molecular weight is 220 g/mol. The van der Waals surface area contributed by atoms with Gasteiger partial charge in [0.1, 0.15) is 5.88 Å². The summed E-state index contributed by atoms with van der Waals surface area (Å²) in [5.74, 6) is 0.00733. The van der Waals surface area contributed by atoms with E-state index in [4.69, 9.17) is 11.6 Å². The Morgan fingerprint density at radius 2 is 1.93 bits per heavy atom. The topological polar surface area (TPSA) is 29.1 Å². The van der Waals surface area contributed by atoms with Crippen LogP contribution in [0.1, 0.15) is 52.4 Å². The second kappa shape index (κ2) is 9.32. The largest absolute Gasteiger partial charge is 0.353 e. The fraction of sp³-hybridized carbons (Fsp3) is 0.909. The van der Waals surface area contributed by atoms with E-state index in [9.17, 15) is 4.79 Å². The van der Waals surface area contributed by atoms with Crippen LogP contribution in [0.15, 0.2) is 0 Å². The Balaban J connectivity index is 3.26. The van der Waals surface area contributed by atoms with E-state index < -0.39 is 0 Å². The molecule has 1 N–H and O–H groups in total. The summed E-state index contributed by atoms with van der Waals surface area (Å²) < 4.78 is 0. The lowest BCUT2D eigenvalue weighted by Crippen LogP contribution is -2.33. The minimum Gasteiger partial charge on any atom is -0.353 e. The summed E-state index contributed by atoms with van der Waals surface area (Å²) >= 11 is 5.39. The third-order valence-corrected chi connectivity index (χ3v) is 2.51. The van der Waals surface area contributed by atoms with E-state index in [1.54, 1.807) is 0 Å². The van der Waals surface area contributed by atoms with Crippen molar-refractivity contribution in [3.63, 3.8) is 0 Å². The summed E-state index contributed by atoms with van der Waals surface area (Å²) in [6.07, 6.45) is 7.44. The third-order valence-electron chi connectivity index (χ3n) is 2.27. The van der Waals surface area contributed by atoms with Gasteiger partial charge < -0.3 is 5.32 Å². The molecule has 1 atom stereocenters. The second-order valence-electron chi connectivity index (χ2n) is 3.81. The van der Waals surface area contributed by atoms with Crippen LogP contribution in [0.25, 0.3) is 0 Å². The molecule has 0 fully saturated rings. The molecule has 1 amide bonds. The van der Waals surface area contributed by atoms with E-state index in [0.29, 0.717) is 0 Å². The highest BCUT2D eigenvalue weighted by molar-refractivity contribution is 6.27. The minimum absolute atomic E-state index is 0.0623. The molecule has 0 aromatic carbocycles. The first-order chi connectivity index (χ1) is 6.70. The highest BCUT2D eigenvalue weighted by atomic mass is 35.5. The van der Waals surface area contributed by atoms with E-state index in [1.165, 1.54) is 32.1 Å². The van der Waals surface area contributed by atoms with E-state index >= 15 is 0 Å². The van der Waals surface area contributed by atoms with Gasteiger partial charge in [-0.05, 0) is 13.3 Å². The normalized spacial score (nSPS) is 12.5. The minimum atomic E-state index is -0.0623. The van der Waals surface area contributed by atoms with Gasteiger partial charge in [0, 0.05) is 6.04 Å². The predicted octanol–water partition coefficient (Wildman–Crippen LogP) is 3.09. The van der Waals surface area contributed by atoms with Gasteiger partial charge in [-0.25, -0.2) is 0 Å². The average Bonchev–Trinajstić information content (AvgIpc) is 2.17. The van der Waals surface area contributed by atoms with Crippen molar-refractivity contribution in [2.75, 3.05) is 5.88 Å². The first-order valence-corrected chi connectivity index (χ1v) is 6.09. The Kier molecular flexibility index (Phi) is 9.16. The molecule has 0 aliphatic heterocycles. The first-order valence-electron chi connectivity index (χ1n) is 5.56. The molecule has 0 rings (SSSR count). The maximum atomic E-state index is 10.9. The summed E-state index contributed by atoms with van der Waals surface area (Å²) in [6.45, 7) is 4.24. The molecule has 0 heterocycles. The summed E-state index contributed by atoms with van der Waals surface area (Å²) in [5, 5.41) is 2.85. The van der Waals surface area contributed by atoms with Gasteiger partial charge in [-0.1, -0.05) is 39.0 Å². The molecule has 84 valence electrons. The van der Waals surface area contributed by atoms with Gasteiger partial charge in [0.05, 0.1) is 0 Å². The van der Waals surface area contributed by atoms with Crippen molar-refractivity contribution in [2.24, 2.45) is 0 Å². The maximum absolute atomic E-state index is 10.9. The zero-order valence-electron chi connectivity index (χ0n) is 9.31. The SMILES string of the molecule is CCCCCCC[C@@H](C)NC(=O)CCl. The number of hydrogen-bond acceptors (Lipinski definition) is 1. The van der Waals surface area contributed by atoms with Gasteiger partial charge in [0.2, 0.25) is 5.91 Å². The van der Waals surface area contributed by atoms with E-state index in [-0.39, 0.29) is 17.8 Å². The van der Waals surface area contributed by atoms with Crippen molar-refractivity contribution in [1.29, 1.82) is 0 Å². The zero-order chi connectivity index (χ0) is 10.8. The van der Waals surface area contributed by atoms with Crippen molar-refractivity contribution in [2.45, 2.75) is 58.4 Å². The lowest BCUT2D eigenvalue weighted by Gasteiger charge is -2.12. The molecule has 0 aromatic heterocycles. The molecule has 3 heteroatoms. The smallest absolute Gasteiger partial charge is 0.235 e. The number of alkyl halides is 1. The molecule has 0 saturated carbocycles. The summed E-state index contributed by atoms with van der Waals surface area (Å²) in [5.41, 5.74) is 0. The monoisotopic (exact) mass is 219 g/mol. The molecule has 0 unspecified atom stereocenters. The van der Waals surface area contributed by atoms with E-state index in [1.807, 2.05) is 6.92 Å². The highest BCUT2D eigenvalue weighted by Crippen LogP contribution is 2.06. The van der Waals surface area contributed by atoms with Gasteiger partial charge in [-0.2, -0.15) is 0 Å². The standard InChI is InChI=1S/C11H22ClNO/c1-3-4-5-6-7-8-10(2)13-11(14)9-12/h10H,3-9H2,1-2H3,(H,13,14)/t10-/m1/s1. The lowest BCUT2D eigenvalue weighted by molar-refractivity contribution is -0.119. The number of amides is 1. The van der Waals surface area contributed by atoms with Crippen molar-refractivity contribution < 1.29 is 4.79 Å². The Hall–Kier alpha value is -0.240. The predicted molar refractivity (Wildman–Crippen MR) is 61.7 cm³/mol. The number of carbonyl (C=O) groups excluding carboxylic acids is 1. The van der Waals surface area contributed by atoms with Crippen molar-refractivity contribution >= 4 is 17.5 Å². The lowest BCUT2D eigenvalue weighted by atomic mass is 10.1. The number of unbranched alkanes of at least 4 members (excludes halogenated alkanes) is 4. The highest BCUT2D eigenvalue weighted by Gasteiger charge is 2.04. The van der Waals surface area contributed by atoms with E-state index in [2.05, 4.69) is 12.2 Å². The molecular formula is C11H22ClNO. The second-order valence-corrected chi connectivity index (χ2v) is 4.07. The fourth-order valence-electron chi connectivity index (χ4n) is 1.44. The van der Waals surface area contributed by atoms with Crippen molar-refractivity contribution in [3.05, 3.63) is 0 Å². The number of halogens is 1. The zero-order valence-corrected chi connectivity index (χ0v) is 10.1. The van der Waals surface area contributed by atoms with Crippen LogP contribution in [0.4, 0.5) is 0 Å². The number of nitrogens with one attached hydrogen (secondary N) is 1. The van der Waals surface area contributed by atoms with Crippen LogP contribution < -0.4 is 5.32 Å².